The van der Waals surface area contributed by atoms with Crippen LogP contribution in [0.2, 0.25) is 0 Å². The van der Waals surface area contributed by atoms with Gasteiger partial charge in [-0.25, -0.2) is 0 Å². The molecule has 2 atom stereocenters. The van der Waals surface area contributed by atoms with Crippen LogP contribution in [-0.4, -0.2) is 12.6 Å². The van der Waals surface area contributed by atoms with Crippen molar-refractivity contribution in [2.45, 2.75) is 64.8 Å². The molecule has 1 heterocycles. The summed E-state index contributed by atoms with van der Waals surface area (Å²) in [6.45, 7) is 6.16. The molecule has 0 bridgehead atoms. The van der Waals surface area contributed by atoms with Crippen LogP contribution in [0.5, 0.6) is 0 Å². The van der Waals surface area contributed by atoms with Crippen molar-refractivity contribution in [2.75, 3.05) is 6.54 Å². The van der Waals surface area contributed by atoms with E-state index in [1.54, 1.807) is 0 Å². The summed E-state index contributed by atoms with van der Waals surface area (Å²) < 4.78 is 0. The second kappa shape index (κ2) is 4.22. The highest BCUT2D eigenvalue weighted by atomic mass is 14.9. The first kappa shape index (κ1) is 10.5. The Bertz CT molecular complexity index is 180. The third-order valence-electron chi connectivity index (χ3n) is 4.16. The maximum atomic E-state index is 3.73. The third-order valence-corrected chi connectivity index (χ3v) is 4.16. The molecule has 0 aromatic carbocycles. The van der Waals surface area contributed by atoms with Gasteiger partial charge in [-0.05, 0) is 50.0 Å². The molecule has 0 aromatic rings. The fourth-order valence-electron chi connectivity index (χ4n) is 3.38. The largest absolute Gasteiger partial charge is 0.314 e. The standard InChI is InChI=1S/C13H25N/c1-13(2)8-5-6-11(10-13)12-7-3-4-9-14-12/h11-12,14H,3-10H2,1-2H3. The molecule has 1 aliphatic heterocycles. The zero-order valence-electron chi connectivity index (χ0n) is 9.81. The highest BCUT2D eigenvalue weighted by Gasteiger charge is 2.32. The molecular weight excluding hydrogens is 170 g/mol. The van der Waals surface area contributed by atoms with Crippen molar-refractivity contribution in [3.63, 3.8) is 0 Å². The summed E-state index contributed by atoms with van der Waals surface area (Å²) >= 11 is 0. The topological polar surface area (TPSA) is 12.0 Å². The van der Waals surface area contributed by atoms with E-state index in [-0.39, 0.29) is 0 Å². The molecule has 1 saturated heterocycles. The van der Waals surface area contributed by atoms with Crippen molar-refractivity contribution in [2.24, 2.45) is 11.3 Å². The van der Waals surface area contributed by atoms with Gasteiger partial charge in [0.25, 0.3) is 0 Å². The maximum absolute atomic E-state index is 3.73. The fourth-order valence-corrected chi connectivity index (χ4v) is 3.38. The van der Waals surface area contributed by atoms with Gasteiger partial charge in [0.1, 0.15) is 0 Å². The van der Waals surface area contributed by atoms with E-state index in [0.717, 1.165) is 12.0 Å². The fraction of sp³-hybridized carbons (Fsp3) is 1.00. The van der Waals surface area contributed by atoms with Gasteiger partial charge in [-0.1, -0.05) is 26.7 Å². The maximum Gasteiger partial charge on any atom is 0.00955 e. The minimum atomic E-state index is 0.613. The lowest BCUT2D eigenvalue weighted by Gasteiger charge is -2.40. The molecule has 2 fully saturated rings. The van der Waals surface area contributed by atoms with Crippen molar-refractivity contribution in [1.29, 1.82) is 0 Å². The highest BCUT2D eigenvalue weighted by molar-refractivity contribution is 4.87. The van der Waals surface area contributed by atoms with Crippen molar-refractivity contribution in [1.82, 2.24) is 5.32 Å². The minimum absolute atomic E-state index is 0.613. The molecule has 0 aromatic heterocycles. The predicted molar refractivity (Wildman–Crippen MR) is 61.4 cm³/mol. The molecule has 2 rings (SSSR count). The molecule has 0 spiro atoms. The van der Waals surface area contributed by atoms with Gasteiger partial charge >= 0.3 is 0 Å². The first-order valence-electron chi connectivity index (χ1n) is 6.41. The molecular formula is C13H25N. The molecule has 0 radical (unpaired) electrons. The summed E-state index contributed by atoms with van der Waals surface area (Å²) in [4.78, 5) is 0. The molecule has 1 heteroatoms. The molecule has 1 nitrogen and oxygen atoms in total. The summed E-state index contributed by atoms with van der Waals surface area (Å²) in [7, 11) is 0. The molecule has 1 N–H and O–H groups in total. The van der Waals surface area contributed by atoms with Crippen molar-refractivity contribution in [3.05, 3.63) is 0 Å². The summed E-state index contributed by atoms with van der Waals surface area (Å²) in [5.74, 6) is 0.971. The third kappa shape index (κ3) is 2.50. The number of piperidine rings is 1. The molecule has 2 aliphatic rings. The summed E-state index contributed by atoms with van der Waals surface area (Å²) in [5, 5.41) is 3.73. The van der Waals surface area contributed by atoms with Gasteiger partial charge in [-0.15, -0.1) is 0 Å². The molecule has 14 heavy (non-hydrogen) atoms. The van der Waals surface area contributed by atoms with Crippen LogP contribution in [0, 0.1) is 11.3 Å². The summed E-state index contributed by atoms with van der Waals surface area (Å²) in [6, 6.07) is 0.850. The summed E-state index contributed by atoms with van der Waals surface area (Å²) in [6.07, 6.45) is 10.1. The lowest BCUT2D eigenvalue weighted by atomic mass is 9.69. The second-order valence-corrected chi connectivity index (χ2v) is 6.08. The van der Waals surface area contributed by atoms with E-state index >= 15 is 0 Å². The Kier molecular flexibility index (Phi) is 3.16. The van der Waals surface area contributed by atoms with Gasteiger partial charge in [-0.2, -0.15) is 0 Å². The highest BCUT2D eigenvalue weighted by Crippen LogP contribution is 2.40. The quantitative estimate of drug-likeness (QED) is 0.676. The number of hydrogen-bond donors (Lipinski definition) is 1. The zero-order valence-corrected chi connectivity index (χ0v) is 9.81. The monoisotopic (exact) mass is 195 g/mol. The minimum Gasteiger partial charge on any atom is -0.314 e. The van der Waals surface area contributed by atoms with Crippen molar-refractivity contribution >= 4 is 0 Å². The van der Waals surface area contributed by atoms with Crippen LogP contribution in [0.3, 0.4) is 0 Å². The second-order valence-electron chi connectivity index (χ2n) is 6.08. The van der Waals surface area contributed by atoms with Crippen LogP contribution in [0.25, 0.3) is 0 Å². The molecule has 1 aliphatic carbocycles. The number of nitrogens with one attached hydrogen (secondary N) is 1. The Morgan fingerprint density at radius 2 is 1.93 bits per heavy atom. The van der Waals surface area contributed by atoms with Gasteiger partial charge in [0.05, 0.1) is 0 Å². The molecule has 2 unspecified atom stereocenters. The van der Waals surface area contributed by atoms with E-state index in [2.05, 4.69) is 19.2 Å². The lowest BCUT2D eigenvalue weighted by Crippen LogP contribution is -2.42. The SMILES string of the molecule is CC1(C)CCCC(C2CCCCN2)C1. The van der Waals surface area contributed by atoms with E-state index in [0.29, 0.717) is 5.41 Å². The van der Waals surface area contributed by atoms with E-state index in [1.165, 1.54) is 51.5 Å². The van der Waals surface area contributed by atoms with Crippen LogP contribution < -0.4 is 5.32 Å². The van der Waals surface area contributed by atoms with Gasteiger partial charge in [0, 0.05) is 6.04 Å². The Balaban J connectivity index is 1.89. The number of rotatable bonds is 1. The van der Waals surface area contributed by atoms with Crippen LogP contribution in [-0.2, 0) is 0 Å². The van der Waals surface area contributed by atoms with E-state index in [9.17, 15) is 0 Å². The van der Waals surface area contributed by atoms with E-state index < -0.39 is 0 Å². The normalized spacial score (nSPS) is 38.1. The Labute approximate surface area is 88.7 Å². The predicted octanol–water partition coefficient (Wildman–Crippen LogP) is 3.34. The van der Waals surface area contributed by atoms with Crippen LogP contribution >= 0.6 is 0 Å². The average Bonchev–Trinajstić information content (AvgIpc) is 2.18. The molecule has 0 amide bonds. The first-order valence-corrected chi connectivity index (χ1v) is 6.41. The lowest BCUT2D eigenvalue weighted by molar-refractivity contribution is 0.136. The van der Waals surface area contributed by atoms with E-state index in [1.807, 2.05) is 0 Å². The van der Waals surface area contributed by atoms with Gasteiger partial charge in [0.15, 0.2) is 0 Å². The Hall–Kier alpha value is -0.0400. The van der Waals surface area contributed by atoms with Crippen LogP contribution in [0.4, 0.5) is 0 Å². The Morgan fingerprint density at radius 3 is 2.57 bits per heavy atom. The van der Waals surface area contributed by atoms with Gasteiger partial charge in [-0.3, -0.25) is 0 Å². The zero-order chi connectivity index (χ0) is 10.0. The molecule has 1 saturated carbocycles. The van der Waals surface area contributed by atoms with Crippen LogP contribution in [0.15, 0.2) is 0 Å². The average molecular weight is 195 g/mol. The van der Waals surface area contributed by atoms with Gasteiger partial charge < -0.3 is 5.32 Å². The van der Waals surface area contributed by atoms with Crippen molar-refractivity contribution < 1.29 is 0 Å². The van der Waals surface area contributed by atoms with Crippen molar-refractivity contribution in [3.8, 4) is 0 Å². The van der Waals surface area contributed by atoms with E-state index in [4.69, 9.17) is 0 Å². The van der Waals surface area contributed by atoms with Crippen LogP contribution in [0.1, 0.15) is 58.8 Å². The number of hydrogen-bond acceptors (Lipinski definition) is 1. The Morgan fingerprint density at radius 1 is 1.07 bits per heavy atom. The van der Waals surface area contributed by atoms with Gasteiger partial charge in [0.2, 0.25) is 0 Å². The first-order chi connectivity index (χ1) is 6.67. The molecule has 82 valence electrons. The summed E-state index contributed by atoms with van der Waals surface area (Å²) in [5.41, 5.74) is 0.613. The smallest absolute Gasteiger partial charge is 0.00955 e.